The van der Waals surface area contributed by atoms with Gasteiger partial charge in [0.1, 0.15) is 5.69 Å². The van der Waals surface area contributed by atoms with E-state index in [9.17, 15) is 4.79 Å². The number of benzene rings is 2. The number of halogens is 1. The van der Waals surface area contributed by atoms with Crippen LogP contribution in [0.15, 0.2) is 48.5 Å². The smallest absolute Gasteiger partial charge is 0.273 e. The molecular weight excluding hydrogens is 420 g/mol. The lowest BCUT2D eigenvalue weighted by molar-refractivity contribution is 0.0277. The molecule has 31 heavy (non-hydrogen) atoms. The van der Waals surface area contributed by atoms with Gasteiger partial charge in [-0.3, -0.25) is 9.89 Å². The van der Waals surface area contributed by atoms with E-state index >= 15 is 0 Å². The van der Waals surface area contributed by atoms with Gasteiger partial charge in [0.05, 0.1) is 32.6 Å². The van der Waals surface area contributed by atoms with Crippen LogP contribution in [0.25, 0.3) is 11.3 Å². The normalized spacial score (nSPS) is 15.6. The molecule has 164 valence electrons. The van der Waals surface area contributed by atoms with Gasteiger partial charge < -0.3 is 24.8 Å². The van der Waals surface area contributed by atoms with Gasteiger partial charge in [-0.05, 0) is 42.0 Å². The van der Waals surface area contributed by atoms with E-state index < -0.39 is 0 Å². The van der Waals surface area contributed by atoms with Crippen LogP contribution in [0, 0.1) is 0 Å². The molecule has 1 saturated heterocycles. The van der Waals surface area contributed by atoms with E-state index in [1.165, 1.54) is 0 Å². The molecule has 2 aromatic carbocycles. The SMILES string of the molecule is COc1ccc(-c2cc(C(=O)Nc3ccc([C@H]4CNCCO4)cc3)[nH]n2)cc1OC.Cl. The average molecular weight is 445 g/mol. The van der Waals surface area contributed by atoms with Crippen molar-refractivity contribution >= 4 is 24.0 Å². The van der Waals surface area contributed by atoms with Crippen molar-refractivity contribution in [1.82, 2.24) is 15.5 Å². The minimum absolute atomic E-state index is 0. The van der Waals surface area contributed by atoms with E-state index in [0.29, 0.717) is 35.2 Å². The number of carbonyl (C=O) groups is 1. The molecule has 0 saturated carbocycles. The largest absolute Gasteiger partial charge is 0.493 e. The number of hydrogen-bond acceptors (Lipinski definition) is 6. The highest BCUT2D eigenvalue weighted by Crippen LogP contribution is 2.31. The molecule has 1 amide bonds. The van der Waals surface area contributed by atoms with Gasteiger partial charge in [0, 0.05) is 24.3 Å². The quantitative estimate of drug-likeness (QED) is 0.539. The highest BCUT2D eigenvalue weighted by molar-refractivity contribution is 6.03. The molecule has 0 aliphatic carbocycles. The Bertz CT molecular complexity index is 1020. The van der Waals surface area contributed by atoms with E-state index in [4.69, 9.17) is 14.2 Å². The number of nitrogens with one attached hydrogen (secondary N) is 3. The van der Waals surface area contributed by atoms with E-state index in [1.807, 2.05) is 36.4 Å². The first kappa shape index (κ1) is 22.6. The number of morpholine rings is 1. The van der Waals surface area contributed by atoms with Crippen molar-refractivity contribution in [2.75, 3.05) is 39.2 Å². The van der Waals surface area contributed by atoms with E-state index in [0.717, 1.165) is 24.2 Å². The van der Waals surface area contributed by atoms with Gasteiger partial charge in [-0.2, -0.15) is 5.10 Å². The fourth-order valence-electron chi connectivity index (χ4n) is 3.34. The maximum Gasteiger partial charge on any atom is 0.273 e. The van der Waals surface area contributed by atoms with Gasteiger partial charge in [-0.25, -0.2) is 0 Å². The minimum atomic E-state index is -0.266. The summed E-state index contributed by atoms with van der Waals surface area (Å²) in [5.41, 5.74) is 3.60. The van der Waals surface area contributed by atoms with Crippen LogP contribution in [0.4, 0.5) is 5.69 Å². The highest BCUT2D eigenvalue weighted by Gasteiger charge is 2.16. The van der Waals surface area contributed by atoms with Crippen LogP contribution in [0.3, 0.4) is 0 Å². The zero-order valence-corrected chi connectivity index (χ0v) is 18.1. The summed E-state index contributed by atoms with van der Waals surface area (Å²) in [6.45, 7) is 2.37. The number of methoxy groups -OCH3 is 2. The summed E-state index contributed by atoms with van der Waals surface area (Å²) < 4.78 is 16.3. The molecule has 0 bridgehead atoms. The van der Waals surface area contributed by atoms with E-state index in [1.54, 1.807) is 26.4 Å². The Hall–Kier alpha value is -3.07. The maximum atomic E-state index is 12.6. The van der Waals surface area contributed by atoms with E-state index in [2.05, 4.69) is 20.8 Å². The van der Waals surface area contributed by atoms with Crippen molar-refractivity contribution < 1.29 is 19.0 Å². The second-order valence-electron chi connectivity index (χ2n) is 6.88. The first-order chi connectivity index (χ1) is 14.7. The van der Waals surface area contributed by atoms with Crippen LogP contribution < -0.4 is 20.1 Å². The van der Waals surface area contributed by atoms with Crippen molar-refractivity contribution in [3.63, 3.8) is 0 Å². The fourth-order valence-corrected chi connectivity index (χ4v) is 3.34. The molecule has 8 nitrogen and oxygen atoms in total. The highest BCUT2D eigenvalue weighted by atomic mass is 35.5. The zero-order valence-electron chi connectivity index (χ0n) is 17.3. The van der Waals surface area contributed by atoms with Crippen LogP contribution in [0.2, 0.25) is 0 Å². The zero-order chi connectivity index (χ0) is 20.9. The number of aromatic nitrogens is 2. The van der Waals surface area contributed by atoms with Crippen LogP contribution in [-0.4, -0.2) is 50.0 Å². The third-order valence-corrected chi connectivity index (χ3v) is 4.97. The van der Waals surface area contributed by atoms with Crippen molar-refractivity contribution in [2.45, 2.75) is 6.10 Å². The Kier molecular flexibility index (Phi) is 7.51. The van der Waals surface area contributed by atoms with Gasteiger partial charge in [0.25, 0.3) is 5.91 Å². The summed E-state index contributed by atoms with van der Waals surface area (Å²) in [5.74, 6) is 0.964. The summed E-state index contributed by atoms with van der Waals surface area (Å²) in [6.07, 6.45) is 0.0418. The molecule has 0 radical (unpaired) electrons. The third kappa shape index (κ3) is 5.16. The summed E-state index contributed by atoms with van der Waals surface area (Å²) in [5, 5.41) is 13.2. The number of anilines is 1. The molecule has 1 aliphatic rings. The molecule has 3 aromatic rings. The molecule has 1 aliphatic heterocycles. The van der Waals surface area contributed by atoms with Crippen LogP contribution >= 0.6 is 12.4 Å². The summed E-state index contributed by atoms with van der Waals surface area (Å²) in [4.78, 5) is 12.6. The Balaban J connectivity index is 0.00000272. The monoisotopic (exact) mass is 444 g/mol. The molecule has 0 unspecified atom stereocenters. The van der Waals surface area contributed by atoms with Crippen LogP contribution in [0.5, 0.6) is 11.5 Å². The number of aromatic amines is 1. The molecular formula is C22H25ClN4O4. The van der Waals surface area contributed by atoms with Gasteiger partial charge in [0.2, 0.25) is 0 Å². The molecule has 2 heterocycles. The maximum absolute atomic E-state index is 12.6. The minimum Gasteiger partial charge on any atom is -0.493 e. The number of carbonyl (C=O) groups excluding carboxylic acids is 1. The molecule has 4 rings (SSSR count). The Morgan fingerprint density at radius 2 is 1.87 bits per heavy atom. The van der Waals surface area contributed by atoms with Gasteiger partial charge >= 0.3 is 0 Å². The molecule has 1 fully saturated rings. The van der Waals surface area contributed by atoms with Crippen molar-refractivity contribution in [2.24, 2.45) is 0 Å². The van der Waals surface area contributed by atoms with Crippen LogP contribution in [0.1, 0.15) is 22.2 Å². The first-order valence-corrected chi connectivity index (χ1v) is 9.69. The molecule has 9 heteroatoms. The van der Waals surface area contributed by atoms with Crippen LogP contribution in [-0.2, 0) is 4.74 Å². The molecule has 1 atom stereocenters. The van der Waals surface area contributed by atoms with Gasteiger partial charge in [0.15, 0.2) is 11.5 Å². The molecule has 1 aromatic heterocycles. The second-order valence-corrected chi connectivity index (χ2v) is 6.88. The van der Waals surface area contributed by atoms with Crippen molar-refractivity contribution in [3.8, 4) is 22.8 Å². The predicted molar refractivity (Wildman–Crippen MR) is 120 cm³/mol. The number of ether oxygens (including phenoxy) is 3. The van der Waals surface area contributed by atoms with Crippen molar-refractivity contribution in [3.05, 3.63) is 59.8 Å². The first-order valence-electron chi connectivity index (χ1n) is 9.69. The number of rotatable bonds is 6. The Morgan fingerprint density at radius 1 is 1.10 bits per heavy atom. The number of hydrogen-bond donors (Lipinski definition) is 3. The predicted octanol–water partition coefficient (Wildman–Crippen LogP) is 3.43. The Morgan fingerprint density at radius 3 is 2.55 bits per heavy atom. The number of amides is 1. The number of H-pyrrole nitrogens is 1. The molecule has 3 N–H and O–H groups in total. The lowest BCUT2D eigenvalue weighted by Crippen LogP contribution is -2.33. The van der Waals surface area contributed by atoms with Gasteiger partial charge in [-0.15, -0.1) is 12.4 Å². The lowest BCUT2D eigenvalue weighted by atomic mass is 10.1. The van der Waals surface area contributed by atoms with E-state index in [-0.39, 0.29) is 24.4 Å². The van der Waals surface area contributed by atoms with Gasteiger partial charge in [-0.1, -0.05) is 12.1 Å². The standard InChI is InChI=1S/C22H24N4O4.ClH/c1-28-19-8-5-15(11-20(19)29-2)17-12-18(26-25-17)22(27)24-16-6-3-14(4-7-16)21-13-23-9-10-30-21;/h3-8,11-12,21,23H,9-10,13H2,1-2H3,(H,24,27)(H,25,26);1H/t21-;/m1./s1. The average Bonchev–Trinajstić information content (AvgIpc) is 3.30. The lowest BCUT2D eigenvalue weighted by Gasteiger charge is -2.24. The third-order valence-electron chi connectivity index (χ3n) is 4.97. The fraction of sp³-hybridized carbons (Fsp3) is 0.273. The summed E-state index contributed by atoms with van der Waals surface area (Å²) in [6, 6.07) is 14.9. The number of nitrogens with zero attached hydrogens (tertiary/aromatic N) is 1. The summed E-state index contributed by atoms with van der Waals surface area (Å²) >= 11 is 0. The summed E-state index contributed by atoms with van der Waals surface area (Å²) in [7, 11) is 3.16. The molecule has 0 spiro atoms. The Labute approximate surface area is 186 Å². The topological polar surface area (TPSA) is 97.5 Å². The second kappa shape index (κ2) is 10.3. The van der Waals surface area contributed by atoms with Crippen molar-refractivity contribution in [1.29, 1.82) is 0 Å².